The van der Waals surface area contributed by atoms with Crippen LogP contribution in [-0.2, 0) is 35.6 Å². The Morgan fingerprint density at radius 3 is 1.83 bits per heavy atom. The quantitative estimate of drug-likeness (QED) is 0.171. The number of para-hydroxylation sites is 1. The summed E-state index contributed by atoms with van der Waals surface area (Å²) in [6.45, 7) is 9.89. The smallest absolute Gasteiger partial charge is 0.325 e. The van der Waals surface area contributed by atoms with Crippen LogP contribution < -0.4 is 4.72 Å². The van der Waals surface area contributed by atoms with Crippen molar-refractivity contribution in [3.63, 3.8) is 0 Å². The zero-order valence-corrected chi connectivity index (χ0v) is 28.9. The van der Waals surface area contributed by atoms with Crippen LogP contribution in [0, 0.1) is 20.8 Å². The highest BCUT2D eigenvalue weighted by Gasteiger charge is 2.53. The first-order chi connectivity index (χ1) is 23.0. The van der Waals surface area contributed by atoms with Crippen LogP contribution in [0.4, 0.5) is 5.69 Å². The number of rotatable bonds is 12. The van der Waals surface area contributed by atoms with Crippen LogP contribution in [0.2, 0.25) is 0 Å². The van der Waals surface area contributed by atoms with Gasteiger partial charge in [0.25, 0.3) is 10.0 Å². The summed E-state index contributed by atoms with van der Waals surface area (Å²) in [7, 11) is -3.92. The molecule has 5 rings (SSSR count). The zero-order chi connectivity index (χ0) is 34.4. The molecular weight excluding hydrogens is 626 g/mol. The third-order valence-corrected chi connectivity index (χ3v) is 9.91. The van der Waals surface area contributed by atoms with Gasteiger partial charge in [0.2, 0.25) is 0 Å². The van der Waals surface area contributed by atoms with Crippen molar-refractivity contribution in [2.75, 3.05) is 24.5 Å². The molecule has 9 nitrogen and oxygen atoms in total. The SMILES string of the molecule is CCOC(=O)CN1[C@H](c2ccc(C)cc2)N(Cc2ccccc2NS(=O)(=O)c2ccc(C)cc2)[C@H](C(=O)OCC)[C@@H]1c1ccc(C)cc1. The van der Waals surface area contributed by atoms with Gasteiger partial charge in [0, 0.05) is 6.54 Å². The molecule has 1 fully saturated rings. The maximum atomic E-state index is 14.1. The maximum Gasteiger partial charge on any atom is 0.325 e. The number of ether oxygens (including phenoxy) is 2. The van der Waals surface area contributed by atoms with E-state index in [-0.39, 0.29) is 31.2 Å². The van der Waals surface area contributed by atoms with E-state index < -0.39 is 40.2 Å². The summed E-state index contributed by atoms with van der Waals surface area (Å²) in [6.07, 6.45) is -0.572. The van der Waals surface area contributed by atoms with E-state index in [0.29, 0.717) is 11.3 Å². The van der Waals surface area contributed by atoms with Crippen LogP contribution in [0.3, 0.4) is 0 Å². The first-order valence-electron chi connectivity index (χ1n) is 16.2. The highest BCUT2D eigenvalue weighted by atomic mass is 32.2. The van der Waals surface area contributed by atoms with Gasteiger partial charge in [-0.15, -0.1) is 0 Å². The fourth-order valence-corrected chi connectivity index (χ4v) is 7.31. The van der Waals surface area contributed by atoms with Crippen molar-refractivity contribution in [3.8, 4) is 0 Å². The molecule has 48 heavy (non-hydrogen) atoms. The van der Waals surface area contributed by atoms with Gasteiger partial charge >= 0.3 is 11.9 Å². The summed E-state index contributed by atoms with van der Waals surface area (Å²) in [5.74, 6) is -0.855. The molecule has 0 radical (unpaired) electrons. The highest BCUT2D eigenvalue weighted by molar-refractivity contribution is 7.92. The van der Waals surface area contributed by atoms with Crippen LogP contribution in [0.15, 0.2) is 102 Å². The van der Waals surface area contributed by atoms with Crippen molar-refractivity contribution in [2.45, 2.75) is 64.3 Å². The van der Waals surface area contributed by atoms with Crippen molar-refractivity contribution >= 4 is 27.6 Å². The molecule has 252 valence electrons. The summed E-state index contributed by atoms with van der Waals surface area (Å²) in [6, 6.07) is 28.3. The predicted molar refractivity (Wildman–Crippen MR) is 186 cm³/mol. The molecule has 0 unspecified atom stereocenters. The first-order valence-corrected chi connectivity index (χ1v) is 17.6. The minimum Gasteiger partial charge on any atom is -0.465 e. The fourth-order valence-electron chi connectivity index (χ4n) is 6.21. The summed E-state index contributed by atoms with van der Waals surface area (Å²) < 4.78 is 41.0. The molecule has 0 spiro atoms. The number of carbonyl (C=O) groups is 2. The fraction of sp³-hybridized carbons (Fsp3) is 0.316. The van der Waals surface area contributed by atoms with Gasteiger partial charge < -0.3 is 9.47 Å². The van der Waals surface area contributed by atoms with Crippen molar-refractivity contribution in [1.82, 2.24) is 9.80 Å². The Balaban J connectivity index is 1.66. The lowest BCUT2D eigenvalue weighted by atomic mass is 9.97. The van der Waals surface area contributed by atoms with Crippen LogP contribution in [0.1, 0.15) is 59.4 Å². The third kappa shape index (κ3) is 7.78. The van der Waals surface area contributed by atoms with Crippen molar-refractivity contribution in [2.24, 2.45) is 0 Å². The molecular formula is C38H43N3O6S. The van der Waals surface area contributed by atoms with Gasteiger partial charge in [-0.2, -0.15) is 0 Å². The Bertz CT molecular complexity index is 1830. The number of nitrogens with zero attached hydrogens (tertiary/aromatic N) is 2. The van der Waals surface area contributed by atoms with Gasteiger partial charge in [0.05, 0.1) is 42.5 Å². The van der Waals surface area contributed by atoms with Crippen LogP contribution in [0.25, 0.3) is 0 Å². The average molecular weight is 670 g/mol. The van der Waals surface area contributed by atoms with Gasteiger partial charge in [0.1, 0.15) is 6.04 Å². The largest absolute Gasteiger partial charge is 0.465 e. The van der Waals surface area contributed by atoms with Gasteiger partial charge in [-0.05, 0) is 69.5 Å². The van der Waals surface area contributed by atoms with E-state index >= 15 is 0 Å². The van der Waals surface area contributed by atoms with Gasteiger partial charge in [-0.1, -0.05) is 95.6 Å². The van der Waals surface area contributed by atoms with E-state index in [4.69, 9.17) is 9.47 Å². The highest BCUT2D eigenvalue weighted by Crippen LogP contribution is 2.47. The van der Waals surface area contributed by atoms with E-state index in [0.717, 1.165) is 27.8 Å². The third-order valence-electron chi connectivity index (χ3n) is 8.53. The Morgan fingerprint density at radius 2 is 1.25 bits per heavy atom. The van der Waals surface area contributed by atoms with Gasteiger partial charge in [-0.3, -0.25) is 24.1 Å². The molecule has 10 heteroatoms. The molecule has 0 aliphatic carbocycles. The zero-order valence-electron chi connectivity index (χ0n) is 28.1. The Hall–Kier alpha value is -4.51. The number of hydrogen-bond acceptors (Lipinski definition) is 8. The number of esters is 2. The summed E-state index contributed by atoms with van der Waals surface area (Å²) in [5, 5.41) is 0. The van der Waals surface area contributed by atoms with Crippen molar-refractivity contribution < 1.29 is 27.5 Å². The van der Waals surface area contributed by atoms with Gasteiger partial charge in [0.15, 0.2) is 0 Å². The first kappa shape index (κ1) is 34.8. The average Bonchev–Trinajstić information content (AvgIpc) is 3.36. The Labute approximate surface area is 283 Å². The van der Waals surface area contributed by atoms with E-state index in [9.17, 15) is 18.0 Å². The molecule has 4 aromatic rings. The molecule has 0 amide bonds. The molecule has 1 aliphatic rings. The number of carbonyl (C=O) groups excluding carboxylic acids is 2. The maximum absolute atomic E-state index is 14.1. The minimum atomic E-state index is -3.92. The number of sulfonamides is 1. The second kappa shape index (κ2) is 15.1. The summed E-state index contributed by atoms with van der Waals surface area (Å²) >= 11 is 0. The van der Waals surface area contributed by atoms with Crippen LogP contribution in [0.5, 0.6) is 0 Å². The van der Waals surface area contributed by atoms with E-state index in [1.165, 1.54) is 0 Å². The molecule has 0 saturated carbocycles. The standard InChI is InChI=1S/C38H43N3O6S/c1-6-46-34(42)25-41-35(29-18-12-26(3)13-19-29)36(38(43)47-7-2)40(37(41)30-20-14-27(4)15-21-30)24-31-10-8-9-11-33(31)39-48(44,45)32-22-16-28(5)17-23-32/h8-23,35-37,39H,6-7,24-25H2,1-5H3/t35-,36-,37+/m0/s1. The molecule has 3 atom stereocenters. The summed E-state index contributed by atoms with van der Waals surface area (Å²) in [4.78, 5) is 31.5. The minimum absolute atomic E-state index is 0.0843. The van der Waals surface area contributed by atoms with E-state index in [1.54, 1.807) is 50.2 Å². The lowest BCUT2D eigenvalue weighted by molar-refractivity contribution is -0.150. The lowest BCUT2D eigenvalue weighted by Crippen LogP contribution is -2.41. The monoisotopic (exact) mass is 669 g/mol. The summed E-state index contributed by atoms with van der Waals surface area (Å²) in [5.41, 5.74) is 5.82. The number of aryl methyl sites for hydroxylation is 3. The van der Waals surface area contributed by atoms with Crippen LogP contribution >= 0.6 is 0 Å². The topological polar surface area (TPSA) is 105 Å². The van der Waals surface area contributed by atoms with E-state index in [1.807, 2.05) is 91.2 Å². The molecule has 1 heterocycles. The second-order valence-corrected chi connectivity index (χ2v) is 13.7. The van der Waals surface area contributed by atoms with Crippen LogP contribution in [-0.4, -0.2) is 56.0 Å². The Morgan fingerprint density at radius 1 is 0.708 bits per heavy atom. The Kier molecular flexibility index (Phi) is 11.0. The number of nitrogens with one attached hydrogen (secondary N) is 1. The molecule has 1 saturated heterocycles. The van der Waals surface area contributed by atoms with Gasteiger partial charge in [-0.25, -0.2) is 8.42 Å². The molecule has 1 aliphatic heterocycles. The van der Waals surface area contributed by atoms with Crippen molar-refractivity contribution in [1.29, 1.82) is 0 Å². The normalized spacial score (nSPS) is 18.4. The molecule has 1 N–H and O–H groups in total. The number of anilines is 1. The van der Waals surface area contributed by atoms with Crippen molar-refractivity contribution in [3.05, 3.63) is 130 Å². The van der Waals surface area contributed by atoms with E-state index in [2.05, 4.69) is 4.72 Å². The molecule has 0 aromatic heterocycles. The lowest BCUT2D eigenvalue weighted by Gasteiger charge is -2.32. The predicted octanol–water partition coefficient (Wildman–Crippen LogP) is 6.47. The second-order valence-electron chi connectivity index (χ2n) is 12.1. The number of benzene rings is 4. The molecule has 4 aromatic carbocycles. The number of hydrogen-bond donors (Lipinski definition) is 1. The molecule has 0 bridgehead atoms.